The number of carbonyl (C=O) groups excluding carboxylic acids is 1. The number of nitrogens with one attached hydrogen (secondary N) is 1. The molecule has 0 amide bonds. The highest BCUT2D eigenvalue weighted by atomic mass is 16.5. The number of para-hydroxylation sites is 1. The van der Waals surface area contributed by atoms with Crippen LogP contribution >= 0.6 is 0 Å². The summed E-state index contributed by atoms with van der Waals surface area (Å²) < 4.78 is 11.1. The summed E-state index contributed by atoms with van der Waals surface area (Å²) in [5, 5.41) is 0.716. The fourth-order valence-corrected chi connectivity index (χ4v) is 3.78. The SMILES string of the molecule is CCOC(=O)C1=C(N)Oc2c(c(=O)[nH]c3ccccc23)C1c1ccc(N(C)C)cc1. The first-order valence-electron chi connectivity index (χ1n) is 9.69. The number of esters is 1. The van der Waals surface area contributed by atoms with Crippen molar-refractivity contribution in [3.63, 3.8) is 0 Å². The van der Waals surface area contributed by atoms with Crippen LogP contribution in [-0.2, 0) is 9.53 Å². The molecule has 0 saturated heterocycles. The standard InChI is InChI=1S/C23H23N3O4/c1-4-29-23(28)19-17(13-9-11-14(12-10-13)26(2)3)18-20(30-21(19)24)15-7-5-6-8-16(15)25-22(18)27/h5-12,17H,4,24H2,1-3H3,(H,25,27). The minimum absolute atomic E-state index is 0.0570. The fraction of sp³-hybridized carbons (Fsp3) is 0.217. The fourth-order valence-electron chi connectivity index (χ4n) is 3.78. The zero-order chi connectivity index (χ0) is 21.4. The Balaban J connectivity index is 1.99. The summed E-state index contributed by atoms with van der Waals surface area (Å²) in [6, 6.07) is 14.9. The number of benzene rings is 2. The summed E-state index contributed by atoms with van der Waals surface area (Å²) in [5.74, 6) is -1.01. The number of H-pyrrole nitrogens is 1. The molecule has 1 unspecified atom stereocenters. The number of hydrogen-bond donors (Lipinski definition) is 2. The lowest BCUT2D eigenvalue weighted by Crippen LogP contribution is -2.32. The second-order valence-electron chi connectivity index (χ2n) is 7.26. The summed E-state index contributed by atoms with van der Waals surface area (Å²) in [5.41, 5.74) is 8.71. The summed E-state index contributed by atoms with van der Waals surface area (Å²) >= 11 is 0. The molecule has 0 fully saturated rings. The van der Waals surface area contributed by atoms with Crippen molar-refractivity contribution in [2.45, 2.75) is 12.8 Å². The van der Waals surface area contributed by atoms with Gasteiger partial charge in [0.1, 0.15) is 11.3 Å². The Morgan fingerprint density at radius 3 is 2.53 bits per heavy atom. The van der Waals surface area contributed by atoms with E-state index in [1.54, 1.807) is 13.0 Å². The van der Waals surface area contributed by atoms with Gasteiger partial charge in [-0.3, -0.25) is 4.79 Å². The van der Waals surface area contributed by atoms with Gasteiger partial charge in [0, 0.05) is 25.2 Å². The Labute approximate surface area is 173 Å². The van der Waals surface area contributed by atoms with Gasteiger partial charge in [0.15, 0.2) is 0 Å². The first-order chi connectivity index (χ1) is 14.4. The van der Waals surface area contributed by atoms with Gasteiger partial charge in [0.2, 0.25) is 5.88 Å². The lowest BCUT2D eigenvalue weighted by molar-refractivity contribution is -0.139. The maximum Gasteiger partial charge on any atom is 0.340 e. The third kappa shape index (κ3) is 3.18. The molecule has 2 aromatic carbocycles. The minimum Gasteiger partial charge on any atom is -0.462 e. The van der Waals surface area contributed by atoms with Crippen LogP contribution in [0, 0.1) is 0 Å². The van der Waals surface area contributed by atoms with E-state index in [-0.39, 0.29) is 23.6 Å². The monoisotopic (exact) mass is 405 g/mol. The summed E-state index contributed by atoms with van der Waals surface area (Å²) in [7, 11) is 3.88. The van der Waals surface area contributed by atoms with Crippen LogP contribution in [0.4, 0.5) is 5.69 Å². The molecule has 0 radical (unpaired) electrons. The Hall–Kier alpha value is -3.74. The lowest BCUT2D eigenvalue weighted by Gasteiger charge is -2.28. The van der Waals surface area contributed by atoms with Crippen LogP contribution in [0.25, 0.3) is 10.9 Å². The molecule has 1 aromatic heterocycles. The highest BCUT2D eigenvalue weighted by Gasteiger charge is 2.38. The van der Waals surface area contributed by atoms with Crippen LogP contribution in [0.5, 0.6) is 5.75 Å². The predicted molar refractivity (Wildman–Crippen MR) is 116 cm³/mol. The van der Waals surface area contributed by atoms with Gasteiger partial charge in [0.25, 0.3) is 5.56 Å². The molecule has 1 aliphatic rings. The van der Waals surface area contributed by atoms with E-state index in [2.05, 4.69) is 4.98 Å². The van der Waals surface area contributed by atoms with Crippen molar-refractivity contribution in [1.29, 1.82) is 0 Å². The van der Waals surface area contributed by atoms with Gasteiger partial charge in [0.05, 0.1) is 23.6 Å². The van der Waals surface area contributed by atoms with Crippen molar-refractivity contribution >= 4 is 22.6 Å². The number of carbonyl (C=O) groups is 1. The Morgan fingerprint density at radius 2 is 1.87 bits per heavy atom. The number of hydrogen-bond acceptors (Lipinski definition) is 6. The van der Waals surface area contributed by atoms with E-state index in [0.29, 0.717) is 22.2 Å². The van der Waals surface area contributed by atoms with Crippen LogP contribution in [0.2, 0.25) is 0 Å². The van der Waals surface area contributed by atoms with Crippen molar-refractivity contribution in [2.75, 3.05) is 25.6 Å². The maximum absolute atomic E-state index is 13.1. The molecule has 1 atom stereocenters. The van der Waals surface area contributed by atoms with Crippen molar-refractivity contribution in [3.8, 4) is 5.75 Å². The third-order valence-electron chi connectivity index (χ3n) is 5.20. The first kappa shape index (κ1) is 19.6. The molecule has 154 valence electrons. The summed E-state index contributed by atoms with van der Waals surface area (Å²) in [6.07, 6.45) is 0. The second kappa shape index (κ2) is 7.59. The molecule has 0 aliphatic carbocycles. The molecule has 7 heteroatoms. The number of pyridine rings is 1. The number of aromatic amines is 1. The smallest absolute Gasteiger partial charge is 0.340 e. The van der Waals surface area contributed by atoms with Crippen LogP contribution < -0.4 is 20.9 Å². The second-order valence-corrected chi connectivity index (χ2v) is 7.26. The predicted octanol–water partition coefficient (Wildman–Crippen LogP) is 2.85. The molecular formula is C23H23N3O4. The number of fused-ring (bicyclic) bond motifs is 3. The largest absolute Gasteiger partial charge is 0.462 e. The molecule has 2 heterocycles. The number of nitrogens with zero attached hydrogens (tertiary/aromatic N) is 1. The van der Waals surface area contributed by atoms with Crippen molar-refractivity contribution in [2.24, 2.45) is 5.73 Å². The third-order valence-corrected chi connectivity index (χ3v) is 5.20. The Kier molecular flexibility index (Phi) is 4.95. The average Bonchev–Trinajstić information content (AvgIpc) is 2.73. The van der Waals surface area contributed by atoms with E-state index >= 15 is 0 Å². The molecule has 3 N–H and O–H groups in total. The Bertz CT molecular complexity index is 1210. The van der Waals surface area contributed by atoms with Crippen molar-refractivity contribution in [1.82, 2.24) is 4.98 Å². The van der Waals surface area contributed by atoms with E-state index in [0.717, 1.165) is 11.3 Å². The van der Waals surface area contributed by atoms with Gasteiger partial charge < -0.3 is 25.1 Å². The maximum atomic E-state index is 13.1. The van der Waals surface area contributed by atoms with Gasteiger partial charge in [-0.15, -0.1) is 0 Å². The molecule has 7 nitrogen and oxygen atoms in total. The zero-order valence-electron chi connectivity index (χ0n) is 17.1. The van der Waals surface area contributed by atoms with Gasteiger partial charge >= 0.3 is 5.97 Å². The van der Waals surface area contributed by atoms with Crippen LogP contribution in [0.3, 0.4) is 0 Å². The number of nitrogens with two attached hydrogens (primary N) is 1. The lowest BCUT2D eigenvalue weighted by atomic mass is 9.83. The van der Waals surface area contributed by atoms with Gasteiger partial charge in [-0.1, -0.05) is 24.3 Å². The van der Waals surface area contributed by atoms with Crippen LogP contribution in [0.15, 0.2) is 64.8 Å². The summed E-state index contributed by atoms with van der Waals surface area (Å²) in [4.78, 5) is 30.8. The quantitative estimate of drug-likeness (QED) is 0.648. The van der Waals surface area contributed by atoms with Crippen molar-refractivity contribution < 1.29 is 14.3 Å². The van der Waals surface area contributed by atoms with Crippen LogP contribution in [0.1, 0.15) is 24.0 Å². The van der Waals surface area contributed by atoms with Crippen LogP contribution in [-0.4, -0.2) is 31.7 Å². The zero-order valence-corrected chi connectivity index (χ0v) is 17.1. The number of rotatable bonds is 4. The molecular weight excluding hydrogens is 382 g/mol. The molecule has 0 bridgehead atoms. The van der Waals surface area contributed by atoms with Gasteiger partial charge in [-0.2, -0.15) is 0 Å². The number of anilines is 1. The molecule has 4 rings (SSSR count). The molecule has 30 heavy (non-hydrogen) atoms. The number of aromatic nitrogens is 1. The number of ether oxygens (including phenoxy) is 2. The summed E-state index contributed by atoms with van der Waals surface area (Å²) in [6.45, 7) is 1.90. The molecule has 0 saturated carbocycles. The average molecular weight is 405 g/mol. The highest BCUT2D eigenvalue weighted by molar-refractivity contribution is 5.95. The van der Waals surface area contributed by atoms with Gasteiger partial charge in [-0.05, 0) is 36.8 Å². The van der Waals surface area contributed by atoms with Crippen molar-refractivity contribution in [3.05, 3.63) is 81.5 Å². The van der Waals surface area contributed by atoms with E-state index in [1.165, 1.54) is 0 Å². The van der Waals surface area contributed by atoms with E-state index in [4.69, 9.17) is 15.2 Å². The first-order valence-corrected chi connectivity index (χ1v) is 9.69. The highest BCUT2D eigenvalue weighted by Crippen LogP contribution is 2.43. The topological polar surface area (TPSA) is 97.6 Å². The van der Waals surface area contributed by atoms with E-state index < -0.39 is 11.9 Å². The molecule has 3 aromatic rings. The van der Waals surface area contributed by atoms with E-state index in [9.17, 15) is 9.59 Å². The minimum atomic E-state index is -0.711. The van der Waals surface area contributed by atoms with E-state index in [1.807, 2.05) is 61.5 Å². The molecule has 1 aliphatic heterocycles. The Morgan fingerprint density at radius 1 is 1.17 bits per heavy atom. The normalized spacial score (nSPS) is 15.5. The molecule has 0 spiro atoms. The van der Waals surface area contributed by atoms with Gasteiger partial charge in [-0.25, -0.2) is 4.79 Å².